The Labute approximate surface area is 205 Å². The van der Waals surface area contributed by atoms with Crippen LogP contribution in [0, 0.1) is 0 Å². The van der Waals surface area contributed by atoms with Crippen molar-refractivity contribution in [3.63, 3.8) is 0 Å². The van der Waals surface area contributed by atoms with Crippen LogP contribution in [0.2, 0.25) is 10.0 Å². The molecular weight excluding hydrogens is 487 g/mol. The normalized spacial score (nSPS) is 17.7. The van der Waals surface area contributed by atoms with Crippen molar-refractivity contribution in [1.29, 1.82) is 0 Å². The van der Waals surface area contributed by atoms with Crippen molar-refractivity contribution in [2.45, 2.75) is 6.61 Å². The van der Waals surface area contributed by atoms with Crippen LogP contribution in [0.1, 0.15) is 11.1 Å². The molecule has 0 unspecified atom stereocenters. The van der Waals surface area contributed by atoms with Gasteiger partial charge in [0, 0.05) is 28.7 Å². The first-order chi connectivity index (χ1) is 15.9. The first kappa shape index (κ1) is 23.6. The summed E-state index contributed by atoms with van der Waals surface area (Å²) in [6.07, 6.45) is 1.63. The predicted octanol–water partition coefficient (Wildman–Crippen LogP) is 4.47. The number of carbonyl (C=O) groups is 3. The summed E-state index contributed by atoms with van der Waals surface area (Å²) >= 11 is 12.9. The maximum absolute atomic E-state index is 12.7. The Bertz CT molecular complexity index is 1100. The van der Waals surface area contributed by atoms with Gasteiger partial charge in [-0.25, -0.2) is 0 Å². The molecular formula is C23H20Cl2N2O5S. The molecule has 0 N–H and O–H groups in total. The lowest BCUT2D eigenvalue weighted by Gasteiger charge is -2.28. The molecule has 2 saturated heterocycles. The highest BCUT2D eigenvalue weighted by atomic mass is 35.5. The zero-order valence-corrected chi connectivity index (χ0v) is 19.8. The van der Waals surface area contributed by atoms with E-state index in [0.29, 0.717) is 42.1 Å². The molecule has 4 rings (SSSR count). The van der Waals surface area contributed by atoms with Crippen LogP contribution in [-0.2, 0) is 20.9 Å². The van der Waals surface area contributed by atoms with Gasteiger partial charge in [0.25, 0.3) is 11.1 Å². The lowest BCUT2D eigenvalue weighted by Crippen LogP contribution is -2.46. The molecule has 7 nitrogen and oxygen atoms in total. The maximum Gasteiger partial charge on any atom is 0.294 e. The van der Waals surface area contributed by atoms with Crippen molar-refractivity contribution < 1.29 is 23.9 Å². The molecule has 33 heavy (non-hydrogen) atoms. The van der Waals surface area contributed by atoms with Crippen LogP contribution in [-0.4, -0.2) is 59.7 Å². The number of halogens is 2. The highest BCUT2D eigenvalue weighted by Crippen LogP contribution is 2.32. The topological polar surface area (TPSA) is 76.2 Å². The highest BCUT2D eigenvalue weighted by Gasteiger charge is 2.37. The van der Waals surface area contributed by atoms with E-state index >= 15 is 0 Å². The van der Waals surface area contributed by atoms with Crippen molar-refractivity contribution in [3.8, 4) is 5.75 Å². The zero-order valence-electron chi connectivity index (χ0n) is 17.5. The molecule has 0 bridgehead atoms. The number of amides is 3. The molecule has 0 saturated carbocycles. The number of ether oxygens (including phenoxy) is 2. The third-order valence-electron chi connectivity index (χ3n) is 5.12. The maximum atomic E-state index is 12.7. The molecule has 2 heterocycles. The van der Waals surface area contributed by atoms with Gasteiger partial charge in [-0.3, -0.25) is 19.3 Å². The number of thioether (sulfide) groups is 1. The summed E-state index contributed by atoms with van der Waals surface area (Å²) in [5, 5.41) is 0.637. The van der Waals surface area contributed by atoms with E-state index in [1.165, 1.54) is 0 Å². The van der Waals surface area contributed by atoms with Gasteiger partial charge >= 0.3 is 0 Å². The Morgan fingerprint density at radius 1 is 1.09 bits per heavy atom. The van der Waals surface area contributed by atoms with Crippen molar-refractivity contribution in [1.82, 2.24) is 9.80 Å². The van der Waals surface area contributed by atoms with Gasteiger partial charge in [-0.15, -0.1) is 0 Å². The lowest BCUT2D eigenvalue weighted by molar-refractivity contribution is -0.139. The minimum Gasteiger partial charge on any atom is -0.489 e. The average Bonchev–Trinajstić information content (AvgIpc) is 3.07. The Balaban J connectivity index is 1.36. The van der Waals surface area contributed by atoms with Crippen molar-refractivity contribution in [3.05, 3.63) is 68.5 Å². The van der Waals surface area contributed by atoms with E-state index in [2.05, 4.69) is 0 Å². The van der Waals surface area contributed by atoms with E-state index in [0.717, 1.165) is 27.8 Å². The Morgan fingerprint density at radius 2 is 1.82 bits per heavy atom. The number of carbonyl (C=O) groups excluding carboxylic acids is 3. The molecule has 0 atom stereocenters. The largest absolute Gasteiger partial charge is 0.489 e. The van der Waals surface area contributed by atoms with Gasteiger partial charge in [0.05, 0.1) is 18.1 Å². The number of imide groups is 1. The number of morpholine rings is 1. The minimum absolute atomic E-state index is 0.260. The van der Waals surface area contributed by atoms with E-state index in [1.807, 2.05) is 0 Å². The molecule has 2 aromatic rings. The van der Waals surface area contributed by atoms with E-state index < -0.39 is 11.1 Å². The molecule has 2 aliphatic heterocycles. The second kappa shape index (κ2) is 10.6. The molecule has 2 fully saturated rings. The van der Waals surface area contributed by atoms with E-state index in [4.69, 9.17) is 32.7 Å². The van der Waals surface area contributed by atoms with Crippen LogP contribution in [0.4, 0.5) is 4.79 Å². The van der Waals surface area contributed by atoms with Crippen molar-refractivity contribution in [2.75, 3.05) is 32.8 Å². The summed E-state index contributed by atoms with van der Waals surface area (Å²) in [4.78, 5) is 40.3. The second-order valence-corrected chi connectivity index (χ2v) is 9.19. The highest BCUT2D eigenvalue weighted by molar-refractivity contribution is 8.18. The summed E-state index contributed by atoms with van der Waals surface area (Å²) in [5.41, 5.74) is 1.54. The molecule has 0 spiro atoms. The molecule has 172 valence electrons. The van der Waals surface area contributed by atoms with Crippen molar-refractivity contribution in [2.24, 2.45) is 0 Å². The smallest absolute Gasteiger partial charge is 0.294 e. The first-order valence-electron chi connectivity index (χ1n) is 10.2. The molecule has 3 amide bonds. The Kier molecular flexibility index (Phi) is 7.60. The number of hydrogen-bond donors (Lipinski definition) is 0. The van der Waals surface area contributed by atoms with Gasteiger partial charge in [0.2, 0.25) is 5.91 Å². The summed E-state index contributed by atoms with van der Waals surface area (Å²) in [5.74, 6) is -0.101. The third-order valence-corrected chi connectivity index (χ3v) is 6.61. The number of benzene rings is 2. The first-order valence-corrected chi connectivity index (χ1v) is 11.8. The fourth-order valence-electron chi connectivity index (χ4n) is 3.30. The van der Waals surface area contributed by atoms with Gasteiger partial charge in [0.15, 0.2) is 0 Å². The van der Waals surface area contributed by atoms with Crippen molar-refractivity contribution >= 4 is 58.1 Å². The van der Waals surface area contributed by atoms with E-state index in [-0.39, 0.29) is 24.0 Å². The predicted molar refractivity (Wildman–Crippen MR) is 127 cm³/mol. The Morgan fingerprint density at radius 3 is 2.52 bits per heavy atom. The molecule has 10 heteroatoms. The number of nitrogens with zero attached hydrogens (tertiary/aromatic N) is 2. The zero-order chi connectivity index (χ0) is 23.4. The molecule has 0 radical (unpaired) electrons. The SMILES string of the molecule is O=C(CN1C(=O)S/C(=C\c2ccc(OCc3ccc(Cl)cc3Cl)cc2)C1=O)N1CCOCC1. The van der Waals surface area contributed by atoms with E-state index in [9.17, 15) is 14.4 Å². The molecule has 2 aromatic carbocycles. The summed E-state index contributed by atoms with van der Waals surface area (Å²) in [6, 6.07) is 12.3. The standard InChI is InChI=1S/C23H20Cl2N2O5S/c24-17-4-3-16(19(25)12-17)14-32-18-5-1-15(2-6-18)11-20-22(29)27(23(30)33-20)13-21(28)26-7-9-31-10-8-26/h1-6,11-12H,7-10,13-14H2/b20-11-. The Hall–Kier alpha value is -2.52. The fourth-order valence-corrected chi connectivity index (χ4v) is 4.60. The number of rotatable bonds is 6. The fraction of sp³-hybridized carbons (Fsp3) is 0.261. The van der Waals surface area contributed by atoms with Gasteiger partial charge in [0.1, 0.15) is 18.9 Å². The van der Waals surface area contributed by atoms with E-state index in [1.54, 1.807) is 53.4 Å². The quantitative estimate of drug-likeness (QED) is 0.538. The molecule has 2 aliphatic rings. The molecule has 0 aromatic heterocycles. The summed E-state index contributed by atoms with van der Waals surface area (Å²) in [7, 11) is 0. The van der Waals surface area contributed by atoms with Crippen LogP contribution in [0.15, 0.2) is 47.4 Å². The van der Waals surface area contributed by atoms with Gasteiger partial charge in [-0.2, -0.15) is 0 Å². The average molecular weight is 507 g/mol. The van der Waals surface area contributed by atoms with Gasteiger partial charge in [-0.05, 0) is 47.7 Å². The van der Waals surface area contributed by atoms with Gasteiger partial charge < -0.3 is 14.4 Å². The minimum atomic E-state index is -0.468. The van der Waals surface area contributed by atoms with Crippen LogP contribution < -0.4 is 4.74 Å². The van der Waals surface area contributed by atoms with Crippen LogP contribution in [0.3, 0.4) is 0 Å². The molecule has 0 aliphatic carbocycles. The van der Waals surface area contributed by atoms with Crippen LogP contribution in [0.5, 0.6) is 5.75 Å². The van der Waals surface area contributed by atoms with Crippen LogP contribution in [0.25, 0.3) is 6.08 Å². The third kappa shape index (κ3) is 5.89. The summed E-state index contributed by atoms with van der Waals surface area (Å²) in [6.45, 7) is 1.86. The monoisotopic (exact) mass is 506 g/mol. The number of hydrogen-bond acceptors (Lipinski definition) is 6. The summed E-state index contributed by atoms with van der Waals surface area (Å²) < 4.78 is 11.0. The second-order valence-electron chi connectivity index (χ2n) is 7.35. The van der Waals surface area contributed by atoms with Gasteiger partial charge in [-0.1, -0.05) is 41.4 Å². The lowest BCUT2D eigenvalue weighted by atomic mass is 10.2. The van der Waals surface area contributed by atoms with Crippen LogP contribution >= 0.6 is 35.0 Å².